The predicted octanol–water partition coefficient (Wildman–Crippen LogP) is 6.53. The number of fused-ring (bicyclic) bond motifs is 1. The van der Waals surface area contributed by atoms with Crippen LogP contribution in [0.2, 0.25) is 5.02 Å². The van der Waals surface area contributed by atoms with Crippen LogP contribution < -0.4 is 0 Å². The van der Waals surface area contributed by atoms with Crippen LogP contribution in [0.4, 0.5) is 13.2 Å². The Morgan fingerprint density at radius 1 is 1.10 bits per heavy atom. The van der Waals surface area contributed by atoms with Crippen molar-refractivity contribution in [1.29, 1.82) is 0 Å². The van der Waals surface area contributed by atoms with Gasteiger partial charge in [-0.2, -0.15) is 23.0 Å². The van der Waals surface area contributed by atoms with E-state index >= 15 is 0 Å². The lowest BCUT2D eigenvalue weighted by Crippen LogP contribution is -2.32. The van der Waals surface area contributed by atoms with E-state index in [2.05, 4.69) is 5.10 Å². The fourth-order valence-corrected chi connectivity index (χ4v) is 6.23. The first kappa shape index (κ1) is 29.4. The van der Waals surface area contributed by atoms with Crippen LogP contribution in [-0.4, -0.2) is 44.5 Å². The molecule has 1 aromatic heterocycles. The van der Waals surface area contributed by atoms with Gasteiger partial charge in [0.05, 0.1) is 39.2 Å². The van der Waals surface area contributed by atoms with E-state index in [9.17, 15) is 32.7 Å². The molecule has 0 spiro atoms. The van der Waals surface area contributed by atoms with E-state index in [0.29, 0.717) is 49.1 Å². The van der Waals surface area contributed by atoms with Crippen LogP contribution in [-0.2, 0) is 32.6 Å². The number of alkyl halides is 3. The number of benzene rings is 1. The molecule has 7 nitrogen and oxygen atoms in total. The van der Waals surface area contributed by atoms with Crippen molar-refractivity contribution < 1.29 is 37.4 Å². The summed E-state index contributed by atoms with van der Waals surface area (Å²) in [6.45, 7) is 5.42. The predicted molar refractivity (Wildman–Crippen MR) is 145 cm³/mol. The molecule has 0 aliphatic heterocycles. The molecule has 1 fully saturated rings. The largest absolute Gasteiger partial charge is 0.481 e. The van der Waals surface area contributed by atoms with Crippen LogP contribution in [0.3, 0.4) is 0 Å². The van der Waals surface area contributed by atoms with Crippen molar-refractivity contribution in [2.75, 3.05) is 0 Å². The molecule has 0 saturated heterocycles. The molecule has 11 heteroatoms. The van der Waals surface area contributed by atoms with E-state index in [1.54, 1.807) is 20.8 Å². The maximum Gasteiger partial charge on any atom is 0.398 e. The number of carboxylic acids is 1. The third-order valence-electron chi connectivity index (χ3n) is 8.30. The summed E-state index contributed by atoms with van der Waals surface area (Å²) in [7, 11) is 0. The molecule has 1 aromatic carbocycles. The van der Waals surface area contributed by atoms with Gasteiger partial charge < -0.3 is 9.84 Å². The number of allylic oxidation sites excluding steroid dienone is 2. The number of esters is 1. The Bertz CT molecular complexity index is 1450. The van der Waals surface area contributed by atoms with E-state index in [1.165, 1.54) is 18.2 Å². The van der Waals surface area contributed by atoms with Crippen LogP contribution >= 0.6 is 11.6 Å². The Hall–Kier alpha value is -3.14. The summed E-state index contributed by atoms with van der Waals surface area (Å²) in [6.07, 6.45) is -0.840. The molecule has 0 bridgehead atoms. The second kappa shape index (κ2) is 10.3. The molecular weight excluding hydrogens is 561 g/mol. The Labute approximate surface area is 240 Å². The van der Waals surface area contributed by atoms with Crippen molar-refractivity contribution in [2.24, 2.45) is 11.8 Å². The second-order valence-electron chi connectivity index (χ2n) is 12.2. The fourth-order valence-electron chi connectivity index (χ4n) is 5.97. The van der Waals surface area contributed by atoms with Crippen molar-refractivity contribution in [3.8, 4) is 0 Å². The first-order chi connectivity index (χ1) is 19.1. The highest BCUT2D eigenvalue weighted by atomic mass is 35.5. The van der Waals surface area contributed by atoms with Crippen molar-refractivity contribution in [3.05, 3.63) is 57.4 Å². The molecule has 1 saturated carbocycles. The molecule has 2 aromatic rings. The van der Waals surface area contributed by atoms with Gasteiger partial charge in [0.25, 0.3) is 5.91 Å². The van der Waals surface area contributed by atoms with Gasteiger partial charge in [-0.3, -0.25) is 14.4 Å². The van der Waals surface area contributed by atoms with Crippen molar-refractivity contribution in [2.45, 2.75) is 89.3 Å². The number of carboxylic acid groups (broad SMARTS) is 1. The number of aliphatic carboxylic acids is 1. The Morgan fingerprint density at radius 3 is 2.34 bits per heavy atom. The van der Waals surface area contributed by atoms with E-state index < -0.39 is 35.0 Å². The zero-order valence-electron chi connectivity index (χ0n) is 23.1. The van der Waals surface area contributed by atoms with E-state index in [0.717, 1.165) is 10.3 Å². The van der Waals surface area contributed by atoms with Crippen molar-refractivity contribution in [3.63, 3.8) is 0 Å². The lowest BCUT2D eigenvalue weighted by Gasteiger charge is -2.26. The average molecular weight is 593 g/mol. The SMILES string of the molecule is CC(C)(C)OC(=O)[C@@H]1CC=C(c2nn(C(=O)c3c(Cl)cccc3C3(C(F)(F)F)CC3)c3c2CC[C@@H](C(=O)O)C3)CC1. The van der Waals surface area contributed by atoms with Crippen molar-refractivity contribution >= 4 is 35.0 Å². The highest BCUT2D eigenvalue weighted by Crippen LogP contribution is 2.60. The van der Waals surface area contributed by atoms with Gasteiger partial charge in [-0.1, -0.05) is 29.8 Å². The number of hydrogen-bond donors (Lipinski definition) is 1. The molecule has 5 rings (SSSR count). The maximum absolute atomic E-state index is 14.1. The summed E-state index contributed by atoms with van der Waals surface area (Å²) in [6, 6.07) is 4.07. The molecule has 3 aliphatic rings. The highest BCUT2D eigenvalue weighted by molar-refractivity contribution is 6.34. The van der Waals surface area contributed by atoms with E-state index in [4.69, 9.17) is 16.3 Å². The molecular formula is C30H32ClF3N2O5. The maximum atomic E-state index is 14.1. The van der Waals surface area contributed by atoms with Gasteiger partial charge in [0.15, 0.2) is 0 Å². The van der Waals surface area contributed by atoms with Gasteiger partial charge >= 0.3 is 18.1 Å². The smallest absolute Gasteiger partial charge is 0.398 e. The summed E-state index contributed by atoms with van der Waals surface area (Å²) < 4.78 is 48.9. The van der Waals surface area contributed by atoms with Gasteiger partial charge in [-0.05, 0) is 82.9 Å². The summed E-state index contributed by atoms with van der Waals surface area (Å²) in [5.41, 5.74) is -0.782. The molecule has 0 radical (unpaired) electrons. The third-order valence-corrected chi connectivity index (χ3v) is 8.62. The van der Waals surface area contributed by atoms with Crippen LogP contribution in [0.25, 0.3) is 5.57 Å². The molecule has 0 amide bonds. The molecule has 2 atom stereocenters. The van der Waals surface area contributed by atoms with E-state index in [1.807, 2.05) is 6.08 Å². The van der Waals surface area contributed by atoms with Crippen molar-refractivity contribution in [1.82, 2.24) is 9.78 Å². The van der Waals surface area contributed by atoms with Crippen LogP contribution in [0.15, 0.2) is 24.3 Å². The number of ether oxygens (including phenoxy) is 1. The zero-order chi connectivity index (χ0) is 29.9. The molecule has 220 valence electrons. The topological polar surface area (TPSA) is 98.5 Å². The Kier molecular flexibility index (Phi) is 7.37. The number of rotatable bonds is 5. The standard InChI is InChI=1S/C30H32ClF3N2O5/c1-28(2,3)41-27(40)17-9-7-16(8-10-17)24-19-12-11-18(26(38)39)15-22(19)36(35-24)25(37)23-20(5-4-6-21(23)31)29(13-14-29)30(32,33)34/h4-7,17-18H,8-15H2,1-3H3,(H,38,39)/t17-,18-/m1/s1. The number of halogens is 4. The van der Waals surface area contributed by atoms with Gasteiger partial charge in [-0.15, -0.1) is 0 Å². The second-order valence-corrected chi connectivity index (χ2v) is 12.7. The average Bonchev–Trinajstić information content (AvgIpc) is 3.63. The van der Waals surface area contributed by atoms with Crippen LogP contribution in [0.5, 0.6) is 0 Å². The molecule has 0 unspecified atom stereocenters. The normalized spacial score (nSPS) is 22.0. The number of carbonyl (C=O) groups excluding carboxylic acids is 2. The number of nitrogens with zero attached hydrogens (tertiary/aromatic N) is 2. The number of aromatic nitrogens is 2. The summed E-state index contributed by atoms with van der Waals surface area (Å²) in [5.74, 6) is -3.19. The lowest BCUT2D eigenvalue weighted by atomic mass is 9.82. The summed E-state index contributed by atoms with van der Waals surface area (Å²) in [5, 5.41) is 14.2. The van der Waals surface area contributed by atoms with Gasteiger partial charge in [0.2, 0.25) is 0 Å². The number of carbonyl (C=O) groups is 3. The molecule has 3 aliphatic carbocycles. The minimum absolute atomic E-state index is 0.0153. The molecule has 41 heavy (non-hydrogen) atoms. The first-order valence-electron chi connectivity index (χ1n) is 13.8. The van der Waals surface area contributed by atoms with Gasteiger partial charge in [0, 0.05) is 12.0 Å². The minimum atomic E-state index is -4.56. The number of hydrogen-bond acceptors (Lipinski definition) is 5. The van der Waals surface area contributed by atoms with Gasteiger partial charge in [-0.25, -0.2) is 0 Å². The Morgan fingerprint density at radius 2 is 1.78 bits per heavy atom. The van der Waals surface area contributed by atoms with E-state index in [-0.39, 0.29) is 47.3 Å². The quantitative estimate of drug-likeness (QED) is 0.396. The lowest BCUT2D eigenvalue weighted by molar-refractivity contribution is -0.161. The van der Waals surface area contributed by atoms with Crippen LogP contribution in [0.1, 0.15) is 92.2 Å². The van der Waals surface area contributed by atoms with Gasteiger partial charge in [0.1, 0.15) is 5.60 Å². The fraction of sp³-hybridized carbons (Fsp3) is 0.533. The monoisotopic (exact) mass is 592 g/mol. The summed E-state index contributed by atoms with van der Waals surface area (Å²) >= 11 is 6.39. The summed E-state index contributed by atoms with van der Waals surface area (Å²) in [4.78, 5) is 38.5. The molecule has 1 N–H and O–H groups in total. The Balaban J connectivity index is 1.55. The van der Waals surface area contributed by atoms with Crippen LogP contribution in [0, 0.1) is 11.8 Å². The third kappa shape index (κ3) is 5.43. The first-order valence-corrected chi connectivity index (χ1v) is 14.2. The highest BCUT2D eigenvalue weighted by Gasteiger charge is 2.65. The zero-order valence-corrected chi connectivity index (χ0v) is 23.9. The minimum Gasteiger partial charge on any atom is -0.481 e. The molecule has 1 heterocycles.